The molecule has 0 amide bonds. The van der Waals surface area contributed by atoms with Crippen molar-refractivity contribution < 1.29 is 0 Å². The molecule has 0 bridgehead atoms. The van der Waals surface area contributed by atoms with Crippen molar-refractivity contribution in [3.63, 3.8) is 0 Å². The van der Waals surface area contributed by atoms with Crippen LogP contribution in [-0.4, -0.2) is 19.9 Å². The van der Waals surface area contributed by atoms with Gasteiger partial charge < -0.3 is 17.2 Å². The molecule has 2 heterocycles. The van der Waals surface area contributed by atoms with E-state index in [1.807, 2.05) is 0 Å². The van der Waals surface area contributed by atoms with Gasteiger partial charge in [0.1, 0.15) is 11.6 Å². The van der Waals surface area contributed by atoms with E-state index >= 15 is 0 Å². The molecule has 88 valence electrons. The van der Waals surface area contributed by atoms with Gasteiger partial charge in [-0.3, -0.25) is 0 Å². The Morgan fingerprint density at radius 1 is 1.00 bits per heavy atom. The van der Waals surface area contributed by atoms with Crippen LogP contribution >= 0.6 is 11.8 Å². The second kappa shape index (κ2) is 4.93. The van der Waals surface area contributed by atoms with Gasteiger partial charge in [0.25, 0.3) is 0 Å². The van der Waals surface area contributed by atoms with Gasteiger partial charge in [-0.25, -0.2) is 19.9 Å². The van der Waals surface area contributed by atoms with E-state index in [-0.39, 0.29) is 0 Å². The van der Waals surface area contributed by atoms with Crippen LogP contribution in [0.3, 0.4) is 0 Å². The first-order valence-electron chi connectivity index (χ1n) is 4.76. The zero-order valence-corrected chi connectivity index (χ0v) is 9.68. The lowest BCUT2D eigenvalue weighted by molar-refractivity contribution is 0.901. The summed E-state index contributed by atoms with van der Waals surface area (Å²) in [7, 11) is 0. The lowest BCUT2D eigenvalue weighted by Crippen LogP contribution is -2.01. The molecular formula is C9H11N7S. The largest absolute Gasteiger partial charge is 0.383 e. The minimum Gasteiger partial charge on any atom is -0.383 e. The highest BCUT2D eigenvalue weighted by Crippen LogP contribution is 2.22. The molecule has 0 spiro atoms. The lowest BCUT2D eigenvalue weighted by Gasteiger charge is -2.01. The highest BCUT2D eigenvalue weighted by atomic mass is 32.2. The van der Waals surface area contributed by atoms with Gasteiger partial charge in [0.15, 0.2) is 10.3 Å². The van der Waals surface area contributed by atoms with Crippen molar-refractivity contribution in [2.45, 2.75) is 16.9 Å². The number of anilines is 2. The minimum absolute atomic E-state index is 0.318. The number of rotatable bonds is 3. The molecule has 2 aromatic rings. The van der Waals surface area contributed by atoms with Gasteiger partial charge in [0.2, 0.25) is 0 Å². The van der Waals surface area contributed by atoms with Gasteiger partial charge in [0.05, 0.1) is 0 Å². The third-order valence-electron chi connectivity index (χ3n) is 1.85. The number of aromatic nitrogens is 4. The molecular weight excluding hydrogens is 238 g/mol. The van der Waals surface area contributed by atoms with Crippen LogP contribution in [0.4, 0.5) is 11.6 Å². The average Bonchev–Trinajstić information content (AvgIpc) is 2.28. The smallest absolute Gasteiger partial charge is 0.199 e. The number of hydrogen-bond acceptors (Lipinski definition) is 8. The topological polar surface area (TPSA) is 130 Å². The Morgan fingerprint density at radius 2 is 1.59 bits per heavy atom. The van der Waals surface area contributed by atoms with E-state index < -0.39 is 0 Å². The van der Waals surface area contributed by atoms with Crippen LogP contribution < -0.4 is 17.2 Å². The molecule has 0 unspecified atom stereocenters. The molecule has 2 rings (SSSR count). The van der Waals surface area contributed by atoms with Crippen LogP contribution in [0.5, 0.6) is 0 Å². The Morgan fingerprint density at radius 3 is 2.12 bits per heavy atom. The molecule has 0 radical (unpaired) electrons. The molecule has 0 aliphatic rings. The Labute approximate surface area is 102 Å². The summed E-state index contributed by atoms with van der Waals surface area (Å²) >= 11 is 1.19. The monoisotopic (exact) mass is 249 g/mol. The van der Waals surface area contributed by atoms with E-state index in [9.17, 15) is 0 Å². The van der Waals surface area contributed by atoms with Gasteiger partial charge in [-0.05, 0) is 11.8 Å². The van der Waals surface area contributed by atoms with Gasteiger partial charge in [-0.15, -0.1) is 0 Å². The number of nitrogen functional groups attached to an aromatic ring is 2. The number of nitrogens with zero attached hydrogens (tertiary/aromatic N) is 4. The van der Waals surface area contributed by atoms with Crippen molar-refractivity contribution in [1.29, 1.82) is 0 Å². The summed E-state index contributed by atoms with van der Waals surface area (Å²) < 4.78 is 0. The van der Waals surface area contributed by atoms with E-state index in [1.165, 1.54) is 17.8 Å². The normalized spacial score (nSPS) is 10.4. The van der Waals surface area contributed by atoms with Gasteiger partial charge in [-0.2, -0.15) is 0 Å². The summed E-state index contributed by atoms with van der Waals surface area (Å²) in [5, 5.41) is 0.940. The molecule has 0 aliphatic heterocycles. The van der Waals surface area contributed by atoms with E-state index in [1.54, 1.807) is 12.4 Å². The molecule has 0 saturated heterocycles. The maximum Gasteiger partial charge on any atom is 0.199 e. The fraction of sp³-hybridized carbons (Fsp3) is 0.111. The molecule has 0 atom stereocenters. The predicted molar refractivity (Wildman–Crippen MR) is 64.9 cm³/mol. The number of nitrogens with two attached hydrogens (primary N) is 3. The SMILES string of the molecule is NCc1cnc(Sc2nc(N)cc(N)n2)nc1. The van der Waals surface area contributed by atoms with E-state index in [2.05, 4.69) is 19.9 Å². The average molecular weight is 249 g/mol. The summed E-state index contributed by atoms with van der Waals surface area (Å²) in [6, 6.07) is 1.49. The highest BCUT2D eigenvalue weighted by Gasteiger charge is 2.05. The van der Waals surface area contributed by atoms with Crippen LogP contribution in [0.2, 0.25) is 0 Å². The quantitative estimate of drug-likeness (QED) is 0.650. The Bertz CT molecular complexity index is 493. The third-order valence-corrected chi connectivity index (χ3v) is 2.60. The van der Waals surface area contributed by atoms with Crippen LogP contribution in [0, 0.1) is 0 Å². The van der Waals surface area contributed by atoms with Crippen molar-refractivity contribution in [2.24, 2.45) is 5.73 Å². The fourth-order valence-electron chi connectivity index (χ4n) is 1.09. The van der Waals surface area contributed by atoms with Crippen molar-refractivity contribution in [3.8, 4) is 0 Å². The van der Waals surface area contributed by atoms with Gasteiger partial charge >= 0.3 is 0 Å². The van der Waals surface area contributed by atoms with Crippen LogP contribution in [0.15, 0.2) is 28.8 Å². The van der Waals surface area contributed by atoms with Crippen LogP contribution in [0.1, 0.15) is 5.56 Å². The lowest BCUT2D eigenvalue weighted by atomic mass is 10.4. The molecule has 8 heteroatoms. The maximum atomic E-state index is 5.56. The molecule has 2 aromatic heterocycles. The second-order valence-electron chi connectivity index (χ2n) is 3.18. The number of hydrogen-bond donors (Lipinski definition) is 3. The van der Waals surface area contributed by atoms with Gasteiger partial charge in [-0.1, -0.05) is 0 Å². The first-order valence-corrected chi connectivity index (χ1v) is 5.58. The zero-order chi connectivity index (χ0) is 12.3. The molecule has 0 aromatic carbocycles. The van der Waals surface area contributed by atoms with Crippen LogP contribution in [-0.2, 0) is 6.54 Å². The van der Waals surface area contributed by atoms with Crippen molar-refractivity contribution in [1.82, 2.24) is 19.9 Å². The minimum atomic E-state index is 0.318. The second-order valence-corrected chi connectivity index (χ2v) is 4.11. The van der Waals surface area contributed by atoms with Crippen molar-refractivity contribution in [3.05, 3.63) is 24.0 Å². The summed E-state index contributed by atoms with van der Waals surface area (Å²) in [6.45, 7) is 0.409. The molecule has 17 heavy (non-hydrogen) atoms. The van der Waals surface area contributed by atoms with E-state index in [0.29, 0.717) is 28.5 Å². The van der Waals surface area contributed by atoms with E-state index in [0.717, 1.165) is 5.56 Å². The maximum absolute atomic E-state index is 5.56. The van der Waals surface area contributed by atoms with Crippen molar-refractivity contribution >= 4 is 23.4 Å². The Hall–Kier alpha value is -1.93. The van der Waals surface area contributed by atoms with Crippen molar-refractivity contribution in [2.75, 3.05) is 11.5 Å². The van der Waals surface area contributed by atoms with Gasteiger partial charge in [0, 0.05) is 30.6 Å². The molecule has 7 nitrogen and oxygen atoms in total. The van der Waals surface area contributed by atoms with E-state index in [4.69, 9.17) is 17.2 Å². The summed E-state index contributed by atoms with van der Waals surface area (Å²) in [5.41, 5.74) is 17.4. The third kappa shape index (κ3) is 3.02. The van der Waals surface area contributed by atoms with Crippen LogP contribution in [0.25, 0.3) is 0 Å². The summed E-state index contributed by atoms with van der Waals surface area (Å²) in [4.78, 5) is 16.3. The first kappa shape index (κ1) is 11.6. The predicted octanol–water partition coefficient (Wildman–Crippen LogP) is 0.0409. The zero-order valence-electron chi connectivity index (χ0n) is 8.87. The molecule has 0 fully saturated rings. The molecule has 0 saturated carbocycles. The summed E-state index contributed by atoms with van der Waals surface area (Å²) in [5.74, 6) is 0.636. The standard InChI is InChI=1S/C9H11N7S/c10-2-5-3-13-8(14-4-5)17-9-15-6(11)1-7(12)16-9/h1,3-4H,2,10H2,(H4,11,12,15,16). The first-order chi connectivity index (χ1) is 8.17. The Balaban J connectivity index is 2.19. The fourth-order valence-corrected chi connectivity index (χ4v) is 1.77. The molecule has 6 N–H and O–H groups in total. The highest BCUT2D eigenvalue weighted by molar-refractivity contribution is 7.99. The molecule has 0 aliphatic carbocycles. The summed E-state index contributed by atoms with van der Waals surface area (Å²) in [6.07, 6.45) is 3.32. The Kier molecular flexibility index (Phi) is 3.35.